The summed E-state index contributed by atoms with van der Waals surface area (Å²) in [7, 11) is 4.13. The van der Waals surface area contributed by atoms with Crippen molar-refractivity contribution in [1.29, 1.82) is 0 Å². The highest BCUT2D eigenvalue weighted by Crippen LogP contribution is 2.14. The van der Waals surface area contributed by atoms with E-state index in [0.717, 1.165) is 77.8 Å². The molecule has 2 fully saturated rings. The second-order valence-electron chi connectivity index (χ2n) is 9.50. The normalized spacial score (nSPS) is 20.7. The van der Waals surface area contributed by atoms with Crippen molar-refractivity contribution < 1.29 is 9.59 Å². The molecular weight excluding hydrogens is 376 g/mol. The van der Waals surface area contributed by atoms with Crippen LogP contribution in [0.15, 0.2) is 0 Å². The summed E-state index contributed by atoms with van der Waals surface area (Å²) in [6.45, 7) is 9.61. The Morgan fingerprint density at radius 3 is 1.23 bits per heavy atom. The van der Waals surface area contributed by atoms with Crippen LogP contribution in [0, 0.1) is 0 Å². The molecule has 0 saturated carbocycles. The lowest BCUT2D eigenvalue weighted by molar-refractivity contribution is -0.136. The minimum absolute atomic E-state index is 0.0515. The fourth-order valence-electron chi connectivity index (χ4n) is 4.60. The number of nitrogens with zero attached hydrogens (tertiary/aromatic N) is 4. The van der Waals surface area contributed by atoms with Crippen molar-refractivity contribution in [3.63, 3.8) is 0 Å². The molecule has 30 heavy (non-hydrogen) atoms. The summed E-state index contributed by atoms with van der Waals surface area (Å²) < 4.78 is 0. The minimum atomic E-state index is -0.0515. The maximum atomic E-state index is 12.8. The quantitative estimate of drug-likeness (QED) is 0.535. The first-order chi connectivity index (χ1) is 14.4. The van der Waals surface area contributed by atoms with E-state index in [0.29, 0.717) is 0 Å². The van der Waals surface area contributed by atoms with Gasteiger partial charge in [0.1, 0.15) is 0 Å². The lowest BCUT2D eigenvalue weighted by Gasteiger charge is -2.31. The molecule has 2 atom stereocenters. The summed E-state index contributed by atoms with van der Waals surface area (Å²) in [5.41, 5.74) is 0. The molecule has 0 aliphatic carbocycles. The maximum Gasteiger partial charge on any atom is 0.239 e. The van der Waals surface area contributed by atoms with E-state index < -0.39 is 0 Å². The van der Waals surface area contributed by atoms with Crippen molar-refractivity contribution in [3.8, 4) is 0 Å². The van der Waals surface area contributed by atoms with E-state index in [2.05, 4.69) is 33.7 Å². The van der Waals surface area contributed by atoms with E-state index in [1.165, 1.54) is 25.7 Å². The van der Waals surface area contributed by atoms with Gasteiger partial charge in [0.2, 0.25) is 11.8 Å². The van der Waals surface area contributed by atoms with Crippen molar-refractivity contribution in [2.75, 3.05) is 53.4 Å². The number of carbonyl (C=O) groups excluding carboxylic acids is 2. The third-order valence-corrected chi connectivity index (χ3v) is 7.14. The molecule has 0 N–H and O–H groups in total. The van der Waals surface area contributed by atoms with Crippen LogP contribution in [0.3, 0.4) is 0 Å². The Hall–Kier alpha value is -1.14. The number of amides is 2. The zero-order chi connectivity index (χ0) is 21.9. The molecule has 174 valence electrons. The Labute approximate surface area is 184 Å². The Morgan fingerprint density at radius 2 is 0.933 bits per heavy atom. The molecular formula is C24H46N4O2. The van der Waals surface area contributed by atoms with Gasteiger partial charge in [-0.25, -0.2) is 0 Å². The highest BCUT2D eigenvalue weighted by atomic mass is 16.2. The second kappa shape index (κ2) is 13.3. The van der Waals surface area contributed by atoms with Crippen molar-refractivity contribution in [2.24, 2.45) is 0 Å². The van der Waals surface area contributed by atoms with Crippen LogP contribution in [0.4, 0.5) is 0 Å². The molecule has 2 aliphatic rings. The standard InChI is InChI=1S/C24H46N4O2/c1-21(23(29)27-17-9-5-6-10-18-27)25(3)15-13-14-16-26(4)22(2)24(30)28-19-11-7-8-12-20-28/h21-22H,5-20H2,1-4H3. The van der Waals surface area contributed by atoms with Crippen LogP contribution >= 0.6 is 0 Å². The predicted molar refractivity (Wildman–Crippen MR) is 124 cm³/mol. The smallest absolute Gasteiger partial charge is 0.239 e. The summed E-state index contributed by atoms with van der Waals surface area (Å²) in [5.74, 6) is 0.571. The largest absolute Gasteiger partial charge is 0.341 e. The van der Waals surface area contributed by atoms with E-state index >= 15 is 0 Å². The zero-order valence-corrected chi connectivity index (χ0v) is 20.1. The number of unbranched alkanes of at least 4 members (excludes halogenated alkanes) is 1. The van der Waals surface area contributed by atoms with Gasteiger partial charge in [-0.15, -0.1) is 0 Å². The molecule has 2 rings (SSSR count). The highest BCUT2D eigenvalue weighted by Gasteiger charge is 2.25. The van der Waals surface area contributed by atoms with Crippen LogP contribution in [-0.4, -0.2) is 96.9 Å². The number of likely N-dealkylation sites (N-methyl/N-ethyl adjacent to an activating group) is 2. The summed E-state index contributed by atoms with van der Waals surface area (Å²) >= 11 is 0. The zero-order valence-electron chi connectivity index (χ0n) is 20.1. The van der Waals surface area contributed by atoms with Gasteiger partial charge in [0.15, 0.2) is 0 Å². The van der Waals surface area contributed by atoms with Crippen molar-refractivity contribution in [1.82, 2.24) is 19.6 Å². The van der Waals surface area contributed by atoms with Gasteiger partial charge in [-0.05, 0) is 79.6 Å². The Morgan fingerprint density at radius 1 is 0.633 bits per heavy atom. The molecule has 6 heteroatoms. The summed E-state index contributed by atoms with van der Waals surface area (Å²) in [4.78, 5) is 34.1. The molecule has 0 aromatic heterocycles. The Balaban J connectivity index is 1.67. The van der Waals surface area contributed by atoms with Crippen LogP contribution in [0.2, 0.25) is 0 Å². The molecule has 0 spiro atoms. The molecule has 2 aliphatic heterocycles. The molecule has 0 aromatic rings. The van der Waals surface area contributed by atoms with Gasteiger partial charge in [0.05, 0.1) is 12.1 Å². The predicted octanol–water partition coefficient (Wildman–Crippen LogP) is 3.21. The van der Waals surface area contributed by atoms with Gasteiger partial charge in [-0.1, -0.05) is 25.7 Å². The van der Waals surface area contributed by atoms with Gasteiger partial charge < -0.3 is 9.80 Å². The Kier molecular flexibility index (Phi) is 11.1. The first-order valence-corrected chi connectivity index (χ1v) is 12.4. The van der Waals surface area contributed by atoms with Gasteiger partial charge >= 0.3 is 0 Å². The molecule has 2 heterocycles. The molecule has 0 radical (unpaired) electrons. The average Bonchev–Trinajstić information content (AvgIpc) is 3.19. The second-order valence-corrected chi connectivity index (χ2v) is 9.50. The number of hydrogen-bond acceptors (Lipinski definition) is 4. The molecule has 2 saturated heterocycles. The first kappa shape index (κ1) is 25.1. The maximum absolute atomic E-state index is 12.8. The van der Waals surface area contributed by atoms with Crippen molar-refractivity contribution in [3.05, 3.63) is 0 Å². The molecule has 0 aromatic carbocycles. The van der Waals surface area contributed by atoms with Crippen LogP contribution in [0.25, 0.3) is 0 Å². The first-order valence-electron chi connectivity index (χ1n) is 12.4. The Bertz CT molecular complexity index is 465. The number of rotatable bonds is 9. The lowest BCUT2D eigenvalue weighted by Crippen LogP contribution is -2.47. The topological polar surface area (TPSA) is 47.1 Å². The number of likely N-dealkylation sites (tertiary alicyclic amines) is 2. The van der Waals surface area contributed by atoms with Gasteiger partial charge in [0.25, 0.3) is 0 Å². The number of hydrogen-bond donors (Lipinski definition) is 0. The molecule has 0 bridgehead atoms. The minimum Gasteiger partial charge on any atom is -0.341 e. The average molecular weight is 423 g/mol. The summed E-state index contributed by atoms with van der Waals surface area (Å²) in [6.07, 6.45) is 11.7. The van der Waals surface area contributed by atoms with Crippen LogP contribution in [-0.2, 0) is 9.59 Å². The lowest BCUT2D eigenvalue weighted by atomic mass is 10.2. The SMILES string of the molecule is CC(C(=O)N1CCCCCC1)N(C)CCCCN(C)C(C)C(=O)N1CCCCCC1. The van der Waals surface area contributed by atoms with Crippen molar-refractivity contribution >= 4 is 11.8 Å². The third-order valence-electron chi connectivity index (χ3n) is 7.14. The van der Waals surface area contributed by atoms with Gasteiger partial charge in [-0.2, -0.15) is 0 Å². The van der Waals surface area contributed by atoms with E-state index in [1.807, 2.05) is 13.8 Å². The van der Waals surface area contributed by atoms with Crippen LogP contribution in [0.1, 0.15) is 78.1 Å². The van der Waals surface area contributed by atoms with E-state index in [9.17, 15) is 9.59 Å². The summed E-state index contributed by atoms with van der Waals surface area (Å²) in [5, 5.41) is 0. The van der Waals surface area contributed by atoms with Gasteiger partial charge in [0, 0.05) is 26.2 Å². The summed E-state index contributed by atoms with van der Waals surface area (Å²) in [6, 6.07) is -0.103. The fraction of sp³-hybridized carbons (Fsp3) is 0.917. The van der Waals surface area contributed by atoms with Crippen LogP contribution in [0.5, 0.6) is 0 Å². The van der Waals surface area contributed by atoms with E-state index in [1.54, 1.807) is 0 Å². The highest BCUT2D eigenvalue weighted by molar-refractivity contribution is 5.82. The monoisotopic (exact) mass is 422 g/mol. The molecule has 2 amide bonds. The van der Waals surface area contributed by atoms with E-state index in [4.69, 9.17) is 0 Å². The third kappa shape index (κ3) is 7.84. The number of carbonyl (C=O) groups is 2. The fourth-order valence-corrected chi connectivity index (χ4v) is 4.60. The molecule has 2 unspecified atom stereocenters. The van der Waals surface area contributed by atoms with Gasteiger partial charge in [-0.3, -0.25) is 19.4 Å². The van der Waals surface area contributed by atoms with E-state index in [-0.39, 0.29) is 23.9 Å². The van der Waals surface area contributed by atoms with Crippen LogP contribution < -0.4 is 0 Å². The van der Waals surface area contributed by atoms with Crippen molar-refractivity contribution in [2.45, 2.75) is 90.1 Å². The molecule has 6 nitrogen and oxygen atoms in total.